The van der Waals surface area contributed by atoms with Gasteiger partial charge in [0.05, 0.1) is 6.21 Å². The molecule has 29 heavy (non-hydrogen) atoms. The first kappa shape index (κ1) is 20.5. The van der Waals surface area contributed by atoms with E-state index in [1.54, 1.807) is 18.5 Å². The summed E-state index contributed by atoms with van der Waals surface area (Å²) in [7, 11) is 0. The van der Waals surface area contributed by atoms with Crippen LogP contribution >= 0.6 is 15.9 Å². The predicted octanol–water partition coefficient (Wildman–Crippen LogP) is 3.02. The van der Waals surface area contributed by atoms with Crippen molar-refractivity contribution in [2.75, 3.05) is 0 Å². The van der Waals surface area contributed by atoms with Gasteiger partial charge >= 0.3 is 11.8 Å². The monoisotopic (exact) mass is 453 g/mol. The highest BCUT2D eigenvalue weighted by Gasteiger charge is 2.13. The van der Waals surface area contributed by atoms with Gasteiger partial charge in [-0.1, -0.05) is 28.1 Å². The number of carbonyl (C=O) groups is 2. The van der Waals surface area contributed by atoms with Gasteiger partial charge < -0.3 is 9.88 Å². The highest BCUT2D eigenvalue weighted by atomic mass is 79.9. The summed E-state index contributed by atoms with van der Waals surface area (Å²) in [5.74, 6) is -1.59. The third kappa shape index (κ3) is 5.17. The number of pyridine rings is 1. The second-order valence-corrected chi connectivity index (χ2v) is 7.30. The maximum atomic E-state index is 11.9. The van der Waals surface area contributed by atoms with Crippen molar-refractivity contribution in [1.29, 1.82) is 0 Å². The average Bonchev–Trinajstić information content (AvgIpc) is 3.00. The molecule has 0 atom stereocenters. The molecular formula is C21H20BrN5O2. The number of hydrogen-bond donors (Lipinski definition) is 2. The first-order chi connectivity index (χ1) is 14.0. The molecule has 8 heteroatoms. The summed E-state index contributed by atoms with van der Waals surface area (Å²) < 4.78 is 3.08. The molecular weight excluding hydrogens is 434 g/mol. The van der Waals surface area contributed by atoms with Crippen LogP contribution in [-0.4, -0.2) is 27.6 Å². The Morgan fingerprint density at radius 3 is 2.72 bits per heavy atom. The van der Waals surface area contributed by atoms with Gasteiger partial charge in [-0.15, -0.1) is 0 Å². The smallest absolute Gasteiger partial charge is 0.329 e. The van der Waals surface area contributed by atoms with Crippen molar-refractivity contribution < 1.29 is 9.59 Å². The Bertz CT molecular complexity index is 1060. The van der Waals surface area contributed by atoms with Crippen LogP contribution in [0.25, 0.3) is 5.69 Å². The first-order valence-electron chi connectivity index (χ1n) is 8.90. The lowest BCUT2D eigenvalue weighted by molar-refractivity contribution is -0.139. The Morgan fingerprint density at radius 1 is 1.17 bits per heavy atom. The number of hydrogen-bond acceptors (Lipinski definition) is 4. The summed E-state index contributed by atoms with van der Waals surface area (Å²) in [6, 6.07) is 13.5. The third-order valence-electron chi connectivity index (χ3n) is 4.29. The molecule has 3 aromatic rings. The highest BCUT2D eigenvalue weighted by molar-refractivity contribution is 9.10. The fourth-order valence-corrected chi connectivity index (χ4v) is 3.29. The van der Waals surface area contributed by atoms with Crippen LogP contribution in [0.15, 0.2) is 64.4 Å². The quantitative estimate of drug-likeness (QED) is 0.353. The van der Waals surface area contributed by atoms with E-state index in [0.29, 0.717) is 0 Å². The molecule has 0 aliphatic carbocycles. The van der Waals surface area contributed by atoms with Gasteiger partial charge in [0.15, 0.2) is 0 Å². The van der Waals surface area contributed by atoms with E-state index >= 15 is 0 Å². The maximum absolute atomic E-state index is 11.9. The van der Waals surface area contributed by atoms with Crippen LogP contribution in [0.2, 0.25) is 0 Å². The molecule has 2 amide bonds. The zero-order valence-corrected chi connectivity index (χ0v) is 17.6. The van der Waals surface area contributed by atoms with Crippen molar-refractivity contribution in [3.8, 4) is 5.69 Å². The average molecular weight is 454 g/mol. The first-order valence-corrected chi connectivity index (χ1v) is 9.70. The lowest BCUT2D eigenvalue weighted by Gasteiger charge is -2.09. The number of nitrogens with one attached hydrogen (secondary N) is 2. The van der Waals surface area contributed by atoms with E-state index in [2.05, 4.69) is 41.3 Å². The summed E-state index contributed by atoms with van der Waals surface area (Å²) >= 11 is 3.49. The van der Waals surface area contributed by atoms with Crippen molar-refractivity contribution in [3.63, 3.8) is 0 Å². The number of hydrazone groups is 1. The summed E-state index contributed by atoms with van der Waals surface area (Å²) in [4.78, 5) is 27.7. The van der Waals surface area contributed by atoms with E-state index in [1.165, 1.54) is 6.21 Å². The van der Waals surface area contributed by atoms with Crippen molar-refractivity contribution in [1.82, 2.24) is 20.3 Å². The van der Waals surface area contributed by atoms with Crippen molar-refractivity contribution in [2.45, 2.75) is 20.4 Å². The van der Waals surface area contributed by atoms with Crippen LogP contribution < -0.4 is 10.7 Å². The molecule has 148 valence electrons. The molecule has 2 N–H and O–H groups in total. The van der Waals surface area contributed by atoms with Crippen LogP contribution in [0.3, 0.4) is 0 Å². The maximum Gasteiger partial charge on any atom is 0.329 e. The molecule has 0 unspecified atom stereocenters. The lowest BCUT2D eigenvalue weighted by atomic mass is 10.2. The van der Waals surface area contributed by atoms with Crippen LogP contribution in [0.5, 0.6) is 0 Å². The molecule has 3 rings (SSSR count). The second-order valence-electron chi connectivity index (χ2n) is 6.38. The largest absolute Gasteiger partial charge is 0.344 e. The summed E-state index contributed by atoms with van der Waals surface area (Å²) in [5, 5.41) is 6.45. The molecule has 0 aliphatic rings. The number of nitrogens with zero attached hydrogens (tertiary/aromatic N) is 3. The second kappa shape index (κ2) is 9.29. The van der Waals surface area contributed by atoms with E-state index in [0.717, 1.165) is 32.7 Å². The lowest BCUT2D eigenvalue weighted by Crippen LogP contribution is -2.37. The Morgan fingerprint density at radius 2 is 2.00 bits per heavy atom. The topological polar surface area (TPSA) is 88.4 Å². The van der Waals surface area contributed by atoms with Crippen LogP contribution in [0.1, 0.15) is 22.5 Å². The van der Waals surface area contributed by atoms with Gasteiger partial charge in [-0.2, -0.15) is 5.10 Å². The molecule has 0 fully saturated rings. The van der Waals surface area contributed by atoms with E-state index in [1.807, 2.05) is 50.2 Å². The normalized spacial score (nSPS) is 10.9. The number of amides is 2. The zero-order chi connectivity index (χ0) is 20.8. The van der Waals surface area contributed by atoms with E-state index < -0.39 is 11.8 Å². The van der Waals surface area contributed by atoms with Crippen molar-refractivity contribution in [2.24, 2.45) is 5.10 Å². The van der Waals surface area contributed by atoms with E-state index in [9.17, 15) is 9.59 Å². The fourth-order valence-electron chi connectivity index (χ4n) is 2.91. The molecule has 0 aliphatic heterocycles. The van der Waals surface area contributed by atoms with Gasteiger partial charge in [0.2, 0.25) is 0 Å². The number of benzene rings is 1. The summed E-state index contributed by atoms with van der Waals surface area (Å²) in [6.45, 7) is 4.19. The highest BCUT2D eigenvalue weighted by Crippen LogP contribution is 2.22. The van der Waals surface area contributed by atoms with Crippen LogP contribution in [0.4, 0.5) is 0 Å². The molecule has 0 radical (unpaired) electrons. The fraction of sp³-hybridized carbons (Fsp3) is 0.143. The number of aryl methyl sites for hydroxylation is 1. The van der Waals surface area contributed by atoms with Gasteiger partial charge in [0.1, 0.15) is 0 Å². The number of halogens is 1. The molecule has 0 saturated heterocycles. The molecule has 0 spiro atoms. The third-order valence-corrected chi connectivity index (χ3v) is 4.78. The minimum atomic E-state index is -0.828. The van der Waals surface area contributed by atoms with E-state index in [-0.39, 0.29) is 6.54 Å². The molecule has 2 aromatic heterocycles. The number of rotatable bonds is 5. The molecule has 0 saturated carbocycles. The number of carbonyl (C=O) groups excluding carboxylic acids is 2. The Hall–Kier alpha value is -3.26. The Labute approximate surface area is 177 Å². The summed E-state index contributed by atoms with van der Waals surface area (Å²) in [5.41, 5.74) is 6.93. The van der Waals surface area contributed by atoms with E-state index in [4.69, 9.17) is 0 Å². The minimum Gasteiger partial charge on any atom is -0.344 e. The van der Waals surface area contributed by atoms with Gasteiger partial charge in [0.25, 0.3) is 0 Å². The van der Waals surface area contributed by atoms with Crippen LogP contribution in [-0.2, 0) is 16.1 Å². The van der Waals surface area contributed by atoms with Gasteiger partial charge in [-0.05, 0) is 49.7 Å². The molecule has 1 aromatic carbocycles. The van der Waals surface area contributed by atoms with Crippen LogP contribution in [0, 0.1) is 13.8 Å². The SMILES string of the molecule is Cc1cc(C=NNC(=O)C(=O)NCc2cccnc2)c(C)n1-c1cccc(Br)c1. The van der Waals surface area contributed by atoms with Gasteiger partial charge in [-0.25, -0.2) is 5.43 Å². The minimum absolute atomic E-state index is 0.220. The Kier molecular flexibility index (Phi) is 6.56. The molecule has 7 nitrogen and oxygen atoms in total. The molecule has 0 bridgehead atoms. The standard InChI is InChI=1S/C21H20BrN5O2/c1-14-9-17(15(2)27(14)19-7-3-6-18(22)10-19)13-25-26-21(29)20(28)24-12-16-5-4-8-23-11-16/h3-11,13H,12H2,1-2H3,(H,24,28)(H,26,29). The van der Waals surface area contributed by atoms with Gasteiger partial charge in [-0.3, -0.25) is 14.6 Å². The summed E-state index contributed by atoms with van der Waals surface area (Å²) in [6.07, 6.45) is 4.79. The molecule has 2 heterocycles. The Balaban J connectivity index is 1.62. The predicted molar refractivity (Wildman–Crippen MR) is 115 cm³/mol. The van der Waals surface area contributed by atoms with Gasteiger partial charge in [0, 0.05) is 46.0 Å². The number of aromatic nitrogens is 2. The van der Waals surface area contributed by atoms with Crippen molar-refractivity contribution >= 4 is 34.0 Å². The zero-order valence-electron chi connectivity index (χ0n) is 16.0. The van der Waals surface area contributed by atoms with Crippen molar-refractivity contribution in [3.05, 3.63) is 81.8 Å².